The van der Waals surface area contributed by atoms with Crippen LogP contribution in [-0.2, 0) is 0 Å². The average Bonchev–Trinajstić information content (AvgIpc) is 2.55. The smallest absolute Gasteiger partial charge is 0.172 e. The van der Waals surface area contributed by atoms with Gasteiger partial charge in [0.25, 0.3) is 0 Å². The third-order valence-electron chi connectivity index (χ3n) is 1.19. The zero-order valence-electron chi connectivity index (χ0n) is 13.2. The molecule has 0 bridgehead atoms. The van der Waals surface area contributed by atoms with E-state index in [4.69, 9.17) is 9.60 Å². The Morgan fingerprint density at radius 1 is 1.54 bits per heavy atom. The first-order valence-corrected chi connectivity index (χ1v) is 4.00. The van der Waals surface area contributed by atoms with E-state index in [1.165, 1.54) is 0 Å². The highest BCUT2D eigenvalue weighted by Gasteiger charge is 1.99. The fourth-order valence-corrected chi connectivity index (χ4v) is 0.966. The Morgan fingerprint density at radius 2 is 2.46 bits per heavy atom. The Hall–Kier alpha value is -1.23. The maximum absolute atomic E-state index is 7.73. The molecule has 0 amide bonds. The normalized spacial score (nSPS) is 19.0. The van der Waals surface area contributed by atoms with Crippen LogP contribution in [0, 0.1) is 6.85 Å². The lowest BCUT2D eigenvalue weighted by atomic mass is 10.5. The van der Waals surface area contributed by atoms with Crippen molar-refractivity contribution in [3.8, 4) is 5.82 Å². The second-order valence-corrected chi connectivity index (χ2v) is 2.86. The van der Waals surface area contributed by atoms with Gasteiger partial charge in [0.05, 0.1) is 28.0 Å². The van der Waals surface area contributed by atoms with Crippen LogP contribution in [0.2, 0.25) is 0 Å². The van der Waals surface area contributed by atoms with E-state index >= 15 is 0 Å². The van der Waals surface area contributed by atoms with Gasteiger partial charge in [-0.2, -0.15) is 5.10 Å². The number of aryl methyl sites for hydroxylation is 1. The van der Waals surface area contributed by atoms with Crippen LogP contribution >= 0.6 is 15.9 Å². The molecule has 0 saturated heterocycles. The second-order valence-electron chi connectivity index (χ2n) is 2.07. The summed E-state index contributed by atoms with van der Waals surface area (Å²) in [7, 11) is 0. The van der Waals surface area contributed by atoms with E-state index in [2.05, 4.69) is 31.0 Å². The Morgan fingerprint density at radius 3 is 3.15 bits per heavy atom. The van der Waals surface area contributed by atoms with Gasteiger partial charge in [0.1, 0.15) is 0 Å². The van der Waals surface area contributed by atoms with E-state index in [1.807, 2.05) is 0 Å². The van der Waals surface area contributed by atoms with Crippen LogP contribution in [0.15, 0.2) is 29.2 Å². The van der Waals surface area contributed by atoms with Crippen molar-refractivity contribution in [1.29, 1.82) is 0 Å². The number of rotatable bonds is 1. The molecule has 2 rings (SSSR count). The second kappa shape index (κ2) is 3.26. The first kappa shape index (κ1) is 3.49. The molecule has 0 N–H and O–H groups in total. The minimum absolute atomic E-state index is 0.0871. The molecule has 0 aliphatic carbocycles. The Balaban J connectivity index is 2.71. The van der Waals surface area contributed by atoms with E-state index in [0.717, 1.165) is 4.68 Å². The van der Waals surface area contributed by atoms with Crippen LogP contribution in [0.25, 0.3) is 5.82 Å². The van der Waals surface area contributed by atoms with Gasteiger partial charge >= 0.3 is 0 Å². The molecule has 0 atom stereocenters. The van der Waals surface area contributed by atoms with Gasteiger partial charge in [0.15, 0.2) is 5.82 Å². The van der Waals surface area contributed by atoms with E-state index < -0.39 is 24.9 Å². The fraction of sp³-hybridized carbons (Fsp3) is 0.125. The summed E-state index contributed by atoms with van der Waals surface area (Å²) in [5.41, 5.74) is -0.582. The molecular weight excluding hydrogens is 232 g/mol. The quantitative estimate of drug-likeness (QED) is 0.769. The van der Waals surface area contributed by atoms with Crippen molar-refractivity contribution < 1.29 is 9.60 Å². The van der Waals surface area contributed by atoms with Gasteiger partial charge in [0.2, 0.25) is 0 Å². The van der Waals surface area contributed by atoms with Gasteiger partial charge in [-0.05, 0) is 22.8 Å². The van der Waals surface area contributed by atoms with Gasteiger partial charge in [-0.25, -0.2) is 9.67 Å². The zero-order chi connectivity index (χ0) is 15.2. The number of nitrogens with zero attached hydrogens (tertiary/aromatic N) is 4. The van der Waals surface area contributed by atoms with Crippen molar-refractivity contribution in [3.63, 3.8) is 0 Å². The summed E-state index contributed by atoms with van der Waals surface area (Å²) in [6.07, 6.45) is -1.62. The maximum atomic E-state index is 7.73. The molecule has 2 aromatic rings. The Bertz CT molecular complexity index is 680. The molecule has 0 spiro atoms. The van der Waals surface area contributed by atoms with Crippen LogP contribution < -0.4 is 0 Å². The van der Waals surface area contributed by atoms with E-state index in [0.29, 0.717) is 0 Å². The lowest BCUT2D eigenvalue weighted by Crippen LogP contribution is -1.99. The lowest BCUT2D eigenvalue weighted by Gasteiger charge is -1.98. The van der Waals surface area contributed by atoms with Gasteiger partial charge in [-0.3, -0.25) is 4.98 Å². The van der Waals surface area contributed by atoms with Crippen LogP contribution in [-0.4, -0.2) is 19.7 Å². The molecule has 5 heteroatoms. The monoisotopic (exact) mass is 245 g/mol. The minimum atomic E-state index is -2.66. The first-order chi connectivity index (χ1) is 9.12. The molecule has 0 saturated carbocycles. The van der Waals surface area contributed by atoms with Gasteiger partial charge in [0, 0.05) is 16.5 Å². The van der Waals surface area contributed by atoms with Crippen LogP contribution in [0.1, 0.15) is 15.3 Å². The summed E-state index contributed by atoms with van der Waals surface area (Å²) in [6.45, 7) is -2.66. The summed E-state index contributed by atoms with van der Waals surface area (Å²) in [4.78, 5) is 7.19. The molecule has 2 aromatic heterocycles. The molecular formula is C8H7BrN4. The highest BCUT2D eigenvalue weighted by molar-refractivity contribution is 9.10. The molecule has 0 fully saturated rings. The molecule has 13 heavy (non-hydrogen) atoms. The molecule has 4 nitrogen and oxygen atoms in total. The maximum Gasteiger partial charge on any atom is 0.172 e. The van der Waals surface area contributed by atoms with Gasteiger partial charge < -0.3 is 0 Å². The van der Waals surface area contributed by atoms with Crippen LogP contribution in [0.4, 0.5) is 0 Å². The number of hydrogen-bond donors (Lipinski definition) is 0. The number of aromatic nitrogens is 4. The number of halogens is 1. The van der Waals surface area contributed by atoms with Crippen LogP contribution in [0.5, 0.6) is 0 Å². The third-order valence-corrected chi connectivity index (χ3v) is 1.54. The highest BCUT2D eigenvalue weighted by atomic mass is 79.9. The van der Waals surface area contributed by atoms with E-state index in [9.17, 15) is 0 Å². The predicted molar refractivity (Wildman–Crippen MR) is 51.6 cm³/mol. The van der Waals surface area contributed by atoms with Gasteiger partial charge in [-0.1, -0.05) is 0 Å². The summed E-state index contributed by atoms with van der Waals surface area (Å²) in [5.74, 6) is -0.309. The average molecular weight is 246 g/mol. The SMILES string of the molecule is [2H]c1nc([2H])c(C([2H])([2H])[2H])nc1-n1nc([2H])c(Br)c1[2H]. The summed E-state index contributed by atoms with van der Waals surface area (Å²) >= 11 is 2.98. The first-order valence-electron chi connectivity index (χ1n) is 6.70. The van der Waals surface area contributed by atoms with E-state index in [1.54, 1.807) is 0 Å². The topological polar surface area (TPSA) is 43.6 Å². The molecule has 2 heterocycles. The molecule has 66 valence electrons. The highest BCUT2D eigenvalue weighted by Crippen LogP contribution is 2.09. The summed E-state index contributed by atoms with van der Waals surface area (Å²) < 4.78 is 53.0. The molecule has 0 radical (unpaired) electrons. The zero-order valence-corrected chi connectivity index (χ0v) is 7.75. The van der Waals surface area contributed by atoms with Crippen molar-refractivity contribution in [3.05, 3.63) is 34.9 Å². The van der Waals surface area contributed by atoms with E-state index in [-0.39, 0.29) is 22.6 Å². The molecule has 0 aliphatic heterocycles. The summed E-state index contributed by atoms with van der Waals surface area (Å²) in [6, 6.07) is 0. The molecule has 0 unspecified atom stereocenters. The predicted octanol–water partition coefficient (Wildman–Crippen LogP) is 1.73. The van der Waals surface area contributed by atoms with Crippen molar-refractivity contribution in [2.24, 2.45) is 0 Å². The van der Waals surface area contributed by atoms with Crippen LogP contribution in [0.3, 0.4) is 0 Å². The van der Waals surface area contributed by atoms with Crippen molar-refractivity contribution in [2.45, 2.75) is 6.85 Å². The van der Waals surface area contributed by atoms with Gasteiger partial charge in [-0.15, -0.1) is 0 Å². The van der Waals surface area contributed by atoms with Crippen molar-refractivity contribution in [1.82, 2.24) is 19.7 Å². The fourth-order valence-electron chi connectivity index (χ4n) is 0.719. The Labute approximate surface area is 93.6 Å². The van der Waals surface area contributed by atoms with Crippen molar-refractivity contribution in [2.75, 3.05) is 0 Å². The molecule has 0 aromatic carbocycles. The molecule has 0 aliphatic rings. The largest absolute Gasteiger partial charge is 0.259 e. The minimum Gasteiger partial charge on any atom is -0.259 e. The third kappa shape index (κ3) is 1.75. The Kier molecular flexibility index (Phi) is 0.875. The lowest BCUT2D eigenvalue weighted by molar-refractivity contribution is 0.830. The standard InChI is InChI=1S/C8H7BrN4/c1-6-2-10-4-8(12-6)13-5-7(9)3-11-13/h2-5H,1H3/i1D3,2D,3D,4D,5D. The number of hydrogen-bond acceptors (Lipinski definition) is 3. The van der Waals surface area contributed by atoms with Crippen molar-refractivity contribution >= 4 is 15.9 Å². The summed E-state index contributed by atoms with van der Waals surface area (Å²) in [5, 5.41) is 3.68.